The van der Waals surface area contributed by atoms with Crippen molar-refractivity contribution in [1.82, 2.24) is 15.0 Å². The first kappa shape index (κ1) is 11.3. The van der Waals surface area contributed by atoms with E-state index in [1.807, 2.05) is 18.2 Å². The fourth-order valence-corrected chi connectivity index (χ4v) is 2.53. The van der Waals surface area contributed by atoms with Gasteiger partial charge in [-0.05, 0) is 47.6 Å². The summed E-state index contributed by atoms with van der Waals surface area (Å²) in [7, 11) is 0. The third kappa shape index (κ3) is 2.28. The molecule has 2 aromatic rings. The van der Waals surface area contributed by atoms with Gasteiger partial charge in [-0.2, -0.15) is 0 Å². The average Bonchev–Trinajstić information content (AvgIpc) is 3.18. The van der Waals surface area contributed by atoms with Gasteiger partial charge in [-0.25, -0.2) is 9.97 Å². The van der Waals surface area contributed by atoms with Crippen LogP contribution in [0.25, 0.3) is 11.5 Å². The van der Waals surface area contributed by atoms with Gasteiger partial charge in [-0.1, -0.05) is 17.7 Å². The Balaban J connectivity index is 2.12. The zero-order valence-electron chi connectivity index (χ0n) is 8.90. The third-order valence-corrected chi connectivity index (χ3v) is 4.35. The molecule has 86 valence electrons. The number of rotatable bonds is 2. The van der Waals surface area contributed by atoms with E-state index >= 15 is 0 Å². The zero-order chi connectivity index (χ0) is 11.8. The summed E-state index contributed by atoms with van der Waals surface area (Å²) in [5, 5.41) is 0.531. The number of nitrogens with zero attached hydrogens (tertiary/aromatic N) is 3. The molecule has 5 heteroatoms. The summed E-state index contributed by atoms with van der Waals surface area (Å²) in [6.07, 6.45) is 4.14. The van der Waals surface area contributed by atoms with E-state index in [2.05, 4.69) is 37.5 Å². The first-order valence-corrected chi connectivity index (χ1v) is 6.85. The Hall–Kier alpha value is -0.750. The molecule has 1 aliphatic carbocycles. The van der Waals surface area contributed by atoms with Crippen molar-refractivity contribution in [2.45, 2.75) is 18.8 Å². The molecule has 0 atom stereocenters. The van der Waals surface area contributed by atoms with E-state index in [1.54, 1.807) is 6.20 Å². The molecule has 0 aromatic carbocycles. The van der Waals surface area contributed by atoms with Gasteiger partial charge in [-0.15, -0.1) is 0 Å². The number of hydrogen-bond donors (Lipinski definition) is 0. The Bertz CT molecular complexity index is 555. The zero-order valence-corrected chi connectivity index (χ0v) is 11.8. The van der Waals surface area contributed by atoms with Crippen LogP contribution >= 0.6 is 34.2 Å². The lowest BCUT2D eigenvalue weighted by Crippen LogP contribution is -2.00. The molecule has 0 unspecified atom stereocenters. The lowest BCUT2D eigenvalue weighted by Gasteiger charge is -2.06. The molecule has 1 saturated carbocycles. The van der Waals surface area contributed by atoms with Crippen LogP contribution in [0.3, 0.4) is 0 Å². The second-order valence-electron chi connectivity index (χ2n) is 4.03. The van der Waals surface area contributed by atoms with E-state index in [1.165, 1.54) is 12.8 Å². The quantitative estimate of drug-likeness (QED) is 0.608. The highest BCUT2D eigenvalue weighted by atomic mass is 127. The molecular formula is C12H9ClIN3. The van der Waals surface area contributed by atoms with Gasteiger partial charge in [0.1, 0.15) is 10.8 Å². The summed E-state index contributed by atoms with van der Waals surface area (Å²) < 4.78 is 0.978. The maximum atomic E-state index is 6.15. The predicted octanol–water partition coefficient (Wildman–Crippen LogP) is 3.67. The molecule has 0 radical (unpaired) electrons. The van der Waals surface area contributed by atoms with Crippen molar-refractivity contribution >= 4 is 34.2 Å². The summed E-state index contributed by atoms with van der Waals surface area (Å²) >= 11 is 8.37. The molecule has 0 amide bonds. The number of aromatic nitrogens is 3. The minimum atomic E-state index is 0.531. The topological polar surface area (TPSA) is 38.7 Å². The van der Waals surface area contributed by atoms with Gasteiger partial charge < -0.3 is 0 Å². The first-order valence-electron chi connectivity index (χ1n) is 5.40. The van der Waals surface area contributed by atoms with E-state index in [0.717, 1.165) is 15.0 Å². The van der Waals surface area contributed by atoms with Crippen molar-refractivity contribution in [2.24, 2.45) is 0 Å². The average molecular weight is 358 g/mol. The van der Waals surface area contributed by atoms with E-state index in [9.17, 15) is 0 Å². The fraction of sp³-hybridized carbons (Fsp3) is 0.250. The van der Waals surface area contributed by atoms with Crippen molar-refractivity contribution in [3.63, 3.8) is 0 Å². The van der Waals surface area contributed by atoms with Crippen molar-refractivity contribution in [3.8, 4) is 11.5 Å². The van der Waals surface area contributed by atoms with Crippen molar-refractivity contribution < 1.29 is 0 Å². The van der Waals surface area contributed by atoms with Crippen LogP contribution in [-0.4, -0.2) is 15.0 Å². The fourth-order valence-electron chi connectivity index (χ4n) is 1.67. The van der Waals surface area contributed by atoms with Crippen LogP contribution in [0.4, 0.5) is 0 Å². The second kappa shape index (κ2) is 4.49. The summed E-state index contributed by atoms with van der Waals surface area (Å²) in [5.41, 5.74) is 1.85. The maximum absolute atomic E-state index is 6.15. The number of halogens is 2. The van der Waals surface area contributed by atoms with Crippen LogP contribution in [0.1, 0.15) is 24.5 Å². The van der Waals surface area contributed by atoms with Crippen molar-refractivity contribution in [1.29, 1.82) is 0 Å². The molecule has 2 heterocycles. The van der Waals surface area contributed by atoms with Crippen LogP contribution in [0.2, 0.25) is 5.15 Å². The van der Waals surface area contributed by atoms with Crippen LogP contribution in [0.5, 0.6) is 0 Å². The molecule has 1 fully saturated rings. The second-order valence-corrected chi connectivity index (χ2v) is 5.46. The highest BCUT2D eigenvalue weighted by molar-refractivity contribution is 14.1. The smallest absolute Gasteiger partial charge is 0.179 e. The first-order chi connectivity index (χ1) is 8.25. The third-order valence-electron chi connectivity index (χ3n) is 2.69. The van der Waals surface area contributed by atoms with Gasteiger partial charge >= 0.3 is 0 Å². The minimum absolute atomic E-state index is 0.531. The molecular weight excluding hydrogens is 349 g/mol. The summed E-state index contributed by atoms with van der Waals surface area (Å²) in [6, 6.07) is 5.70. The predicted molar refractivity (Wildman–Crippen MR) is 75.0 cm³/mol. The molecule has 0 N–H and O–H groups in total. The van der Waals surface area contributed by atoms with Gasteiger partial charge in [0.2, 0.25) is 0 Å². The van der Waals surface area contributed by atoms with E-state index < -0.39 is 0 Å². The van der Waals surface area contributed by atoms with Crippen LogP contribution in [-0.2, 0) is 0 Å². The Labute approximate surface area is 118 Å². The SMILES string of the molecule is Clc1nc(-c2ccccn2)nc(C2CC2)c1I. The van der Waals surface area contributed by atoms with Crippen LogP contribution < -0.4 is 0 Å². The molecule has 2 aromatic heterocycles. The molecule has 0 saturated heterocycles. The van der Waals surface area contributed by atoms with Gasteiger partial charge in [0.05, 0.1) is 9.26 Å². The van der Waals surface area contributed by atoms with Gasteiger partial charge in [-0.3, -0.25) is 4.98 Å². The van der Waals surface area contributed by atoms with E-state index in [4.69, 9.17) is 11.6 Å². The largest absolute Gasteiger partial charge is 0.253 e. The molecule has 0 spiro atoms. The highest BCUT2D eigenvalue weighted by Crippen LogP contribution is 2.42. The molecule has 0 bridgehead atoms. The van der Waals surface area contributed by atoms with Crippen molar-refractivity contribution in [3.05, 3.63) is 38.8 Å². The van der Waals surface area contributed by atoms with E-state index in [0.29, 0.717) is 16.9 Å². The van der Waals surface area contributed by atoms with Crippen molar-refractivity contribution in [2.75, 3.05) is 0 Å². The standard InChI is InChI=1S/C12H9ClIN3/c13-11-9(14)10(7-4-5-7)16-12(17-11)8-3-1-2-6-15-8/h1-3,6-7H,4-5H2. The minimum Gasteiger partial charge on any atom is -0.253 e. The monoisotopic (exact) mass is 357 g/mol. The van der Waals surface area contributed by atoms with E-state index in [-0.39, 0.29) is 0 Å². The molecule has 3 rings (SSSR count). The summed E-state index contributed by atoms with van der Waals surface area (Å²) in [6.45, 7) is 0. The Morgan fingerprint density at radius 2 is 2.06 bits per heavy atom. The lowest BCUT2D eigenvalue weighted by molar-refractivity contribution is 0.972. The highest BCUT2D eigenvalue weighted by Gasteiger charge is 2.29. The van der Waals surface area contributed by atoms with Gasteiger partial charge in [0.15, 0.2) is 5.82 Å². The van der Waals surface area contributed by atoms with Crippen LogP contribution in [0.15, 0.2) is 24.4 Å². The molecule has 3 nitrogen and oxygen atoms in total. The summed E-state index contributed by atoms with van der Waals surface area (Å²) in [4.78, 5) is 13.2. The van der Waals surface area contributed by atoms with Crippen LogP contribution in [0, 0.1) is 3.57 Å². The summed E-state index contributed by atoms with van der Waals surface area (Å²) in [5.74, 6) is 1.18. The lowest BCUT2D eigenvalue weighted by atomic mass is 10.2. The molecule has 17 heavy (non-hydrogen) atoms. The molecule has 0 aliphatic heterocycles. The Morgan fingerprint density at radius 3 is 2.71 bits per heavy atom. The Kier molecular flexibility index (Phi) is 3.00. The molecule has 1 aliphatic rings. The number of hydrogen-bond acceptors (Lipinski definition) is 3. The number of pyridine rings is 1. The van der Waals surface area contributed by atoms with Gasteiger partial charge in [0, 0.05) is 12.1 Å². The normalized spacial score (nSPS) is 14.9. The Morgan fingerprint density at radius 1 is 1.24 bits per heavy atom. The maximum Gasteiger partial charge on any atom is 0.179 e. The van der Waals surface area contributed by atoms with Gasteiger partial charge in [0.25, 0.3) is 0 Å².